The van der Waals surface area contributed by atoms with E-state index in [2.05, 4.69) is 14.4 Å². The van der Waals surface area contributed by atoms with Gasteiger partial charge in [0.05, 0.1) is 17.6 Å². The van der Waals surface area contributed by atoms with Crippen LogP contribution in [0.1, 0.15) is 18.9 Å². The van der Waals surface area contributed by atoms with Crippen LogP contribution >= 0.6 is 0 Å². The van der Waals surface area contributed by atoms with Gasteiger partial charge in [0.2, 0.25) is 0 Å². The molecular formula is C22H14F2N4. The third-order valence-electron chi connectivity index (χ3n) is 4.95. The molecule has 136 valence electrons. The summed E-state index contributed by atoms with van der Waals surface area (Å²) in [5.41, 5.74) is 4.04. The fourth-order valence-corrected chi connectivity index (χ4v) is 3.58. The minimum absolute atomic E-state index is 0.304. The van der Waals surface area contributed by atoms with E-state index in [0.29, 0.717) is 34.2 Å². The second-order valence-corrected chi connectivity index (χ2v) is 6.90. The van der Waals surface area contributed by atoms with Crippen LogP contribution in [0.5, 0.6) is 0 Å². The molecule has 0 atom stereocenters. The first kappa shape index (κ1) is 16.6. The van der Waals surface area contributed by atoms with Gasteiger partial charge in [0.25, 0.3) is 0 Å². The molecular weight excluding hydrogens is 358 g/mol. The zero-order chi connectivity index (χ0) is 19.3. The van der Waals surface area contributed by atoms with Crippen molar-refractivity contribution in [3.8, 4) is 22.5 Å². The lowest BCUT2D eigenvalue weighted by molar-refractivity contribution is 0.584. The van der Waals surface area contributed by atoms with Gasteiger partial charge in [-0.15, -0.1) is 0 Å². The Morgan fingerprint density at radius 2 is 1.79 bits per heavy atom. The molecule has 0 amide bonds. The first-order valence-corrected chi connectivity index (χ1v) is 8.94. The molecule has 1 fully saturated rings. The van der Waals surface area contributed by atoms with Crippen LogP contribution in [0.15, 0.2) is 54.9 Å². The van der Waals surface area contributed by atoms with Gasteiger partial charge >= 0.3 is 0 Å². The zero-order valence-electron chi connectivity index (χ0n) is 14.7. The largest absolute Gasteiger partial charge is 0.322 e. The molecule has 2 aromatic heterocycles. The van der Waals surface area contributed by atoms with Crippen LogP contribution in [0, 0.1) is 18.2 Å². The lowest BCUT2D eigenvalue weighted by Crippen LogP contribution is -1.99. The van der Waals surface area contributed by atoms with Crippen molar-refractivity contribution in [2.75, 3.05) is 0 Å². The van der Waals surface area contributed by atoms with Crippen LogP contribution in [0.2, 0.25) is 0 Å². The molecule has 0 radical (unpaired) electrons. The van der Waals surface area contributed by atoms with Gasteiger partial charge in [-0.3, -0.25) is 4.98 Å². The van der Waals surface area contributed by atoms with Crippen molar-refractivity contribution in [2.24, 2.45) is 0 Å². The van der Waals surface area contributed by atoms with Crippen molar-refractivity contribution in [3.05, 3.63) is 77.9 Å². The molecule has 2 aromatic carbocycles. The number of imidazole rings is 1. The van der Waals surface area contributed by atoms with Crippen molar-refractivity contribution in [1.29, 1.82) is 0 Å². The highest BCUT2D eigenvalue weighted by Crippen LogP contribution is 2.43. The summed E-state index contributed by atoms with van der Waals surface area (Å²) in [5, 5.41) is 0. The van der Waals surface area contributed by atoms with E-state index in [1.807, 2.05) is 12.1 Å². The number of halogens is 2. The van der Waals surface area contributed by atoms with Crippen LogP contribution in [0.4, 0.5) is 14.5 Å². The van der Waals surface area contributed by atoms with Gasteiger partial charge in [0, 0.05) is 30.1 Å². The summed E-state index contributed by atoms with van der Waals surface area (Å²) in [6, 6.07) is 10.9. The Balaban J connectivity index is 1.78. The summed E-state index contributed by atoms with van der Waals surface area (Å²) < 4.78 is 29.7. The number of benzene rings is 2. The molecule has 28 heavy (non-hydrogen) atoms. The van der Waals surface area contributed by atoms with E-state index < -0.39 is 11.6 Å². The minimum atomic E-state index is -0.629. The molecule has 5 rings (SSSR count). The van der Waals surface area contributed by atoms with Gasteiger partial charge in [-0.1, -0.05) is 6.07 Å². The number of hydrogen-bond acceptors (Lipinski definition) is 2. The second-order valence-electron chi connectivity index (χ2n) is 6.90. The Hall–Kier alpha value is -3.59. The number of rotatable bonds is 3. The molecule has 1 aliphatic rings. The molecule has 0 spiro atoms. The van der Waals surface area contributed by atoms with E-state index in [-0.39, 0.29) is 0 Å². The van der Waals surface area contributed by atoms with Gasteiger partial charge in [-0.25, -0.2) is 18.6 Å². The zero-order valence-corrected chi connectivity index (χ0v) is 14.7. The van der Waals surface area contributed by atoms with Crippen LogP contribution in [-0.4, -0.2) is 14.5 Å². The van der Waals surface area contributed by atoms with E-state index in [9.17, 15) is 8.78 Å². The molecule has 0 aliphatic heterocycles. The quantitative estimate of drug-likeness (QED) is 0.418. The highest BCUT2D eigenvalue weighted by Gasteiger charge is 2.29. The predicted molar refractivity (Wildman–Crippen MR) is 103 cm³/mol. The minimum Gasteiger partial charge on any atom is -0.322 e. The van der Waals surface area contributed by atoms with Gasteiger partial charge < -0.3 is 4.57 Å². The summed E-state index contributed by atoms with van der Waals surface area (Å²) in [5.74, 6) is -0.558. The lowest BCUT2D eigenvalue weighted by Gasteiger charge is -2.12. The maximum absolute atomic E-state index is 13.8. The summed E-state index contributed by atoms with van der Waals surface area (Å²) in [7, 11) is 0. The maximum atomic E-state index is 13.8. The molecule has 1 aliphatic carbocycles. The molecule has 2 heterocycles. The number of nitrogens with zero attached hydrogens (tertiary/aromatic N) is 4. The average molecular weight is 372 g/mol. The molecule has 0 N–H and O–H groups in total. The number of pyridine rings is 1. The van der Waals surface area contributed by atoms with Crippen molar-refractivity contribution >= 4 is 16.7 Å². The third kappa shape index (κ3) is 2.72. The Morgan fingerprint density at radius 3 is 2.50 bits per heavy atom. The van der Waals surface area contributed by atoms with E-state index >= 15 is 0 Å². The fourth-order valence-electron chi connectivity index (χ4n) is 3.58. The summed E-state index contributed by atoms with van der Waals surface area (Å²) in [6.45, 7) is 7.28. The molecule has 4 nitrogen and oxygen atoms in total. The highest BCUT2D eigenvalue weighted by molar-refractivity contribution is 5.88. The highest BCUT2D eigenvalue weighted by atomic mass is 19.1. The van der Waals surface area contributed by atoms with E-state index in [1.54, 1.807) is 24.5 Å². The molecule has 0 saturated heterocycles. The Labute approximate surface area is 159 Å². The SMILES string of the molecule is [C-]#[N+]c1ccc2nc(-c3cnccc3-c3cc(F)cc(F)c3)n(C3CC3)c2c1. The summed E-state index contributed by atoms with van der Waals surface area (Å²) >= 11 is 0. The normalized spacial score (nSPS) is 13.6. The molecule has 1 saturated carbocycles. The van der Waals surface area contributed by atoms with Crippen LogP contribution in [-0.2, 0) is 0 Å². The fraction of sp³-hybridized carbons (Fsp3) is 0.136. The third-order valence-corrected chi connectivity index (χ3v) is 4.95. The topological polar surface area (TPSA) is 35.1 Å². The number of hydrogen-bond donors (Lipinski definition) is 0. The second kappa shape index (κ2) is 6.24. The summed E-state index contributed by atoms with van der Waals surface area (Å²) in [4.78, 5) is 12.5. The van der Waals surface area contributed by atoms with Crippen molar-refractivity contribution in [2.45, 2.75) is 18.9 Å². The average Bonchev–Trinajstić information content (AvgIpc) is 3.46. The van der Waals surface area contributed by atoms with Gasteiger partial charge in [-0.2, -0.15) is 0 Å². The first-order chi connectivity index (χ1) is 13.6. The van der Waals surface area contributed by atoms with Gasteiger partial charge in [0.15, 0.2) is 5.69 Å². The van der Waals surface area contributed by atoms with E-state index in [0.717, 1.165) is 29.9 Å². The summed E-state index contributed by atoms with van der Waals surface area (Å²) in [6.07, 6.45) is 5.34. The predicted octanol–water partition coefficient (Wildman–Crippen LogP) is 5.93. The molecule has 0 unspecified atom stereocenters. The number of fused-ring (bicyclic) bond motifs is 1. The van der Waals surface area contributed by atoms with E-state index in [4.69, 9.17) is 11.6 Å². The van der Waals surface area contributed by atoms with Crippen LogP contribution in [0.3, 0.4) is 0 Å². The van der Waals surface area contributed by atoms with Gasteiger partial charge in [0.1, 0.15) is 17.5 Å². The first-order valence-electron chi connectivity index (χ1n) is 8.94. The Morgan fingerprint density at radius 1 is 1.00 bits per heavy atom. The van der Waals surface area contributed by atoms with Crippen molar-refractivity contribution < 1.29 is 8.78 Å². The van der Waals surface area contributed by atoms with Crippen molar-refractivity contribution in [3.63, 3.8) is 0 Å². The molecule has 4 aromatic rings. The Kier molecular flexibility index (Phi) is 3.69. The Bertz CT molecular complexity index is 1250. The number of aromatic nitrogens is 3. The van der Waals surface area contributed by atoms with Crippen molar-refractivity contribution in [1.82, 2.24) is 14.5 Å². The lowest BCUT2D eigenvalue weighted by atomic mass is 10.0. The smallest absolute Gasteiger partial charge is 0.189 e. The van der Waals surface area contributed by atoms with Crippen LogP contribution in [0.25, 0.3) is 38.4 Å². The van der Waals surface area contributed by atoms with Crippen LogP contribution < -0.4 is 0 Å². The molecule has 0 bridgehead atoms. The van der Waals surface area contributed by atoms with E-state index in [1.165, 1.54) is 12.1 Å². The monoisotopic (exact) mass is 372 g/mol. The maximum Gasteiger partial charge on any atom is 0.189 e. The molecule has 6 heteroatoms. The standard InChI is InChI=1S/C22H14F2N4/c1-25-16-2-5-20-21(11-16)28(17-3-4-17)22(27-20)19-12-26-7-6-18(19)13-8-14(23)10-15(24)9-13/h2,5-12,17H,3-4H2. The van der Waals surface area contributed by atoms with Gasteiger partial charge in [-0.05, 0) is 54.3 Å².